The van der Waals surface area contributed by atoms with Gasteiger partial charge in [-0.1, -0.05) is 6.07 Å². The molecule has 4 rings (SSSR count). The smallest absolute Gasteiger partial charge is 0.242 e. The number of H-pyrrole nitrogens is 1. The predicted molar refractivity (Wildman–Crippen MR) is 99.1 cm³/mol. The molecule has 6 nitrogen and oxygen atoms in total. The average Bonchev–Trinajstić information content (AvgIpc) is 3.25. The van der Waals surface area contributed by atoms with Gasteiger partial charge in [0.05, 0.1) is 6.54 Å². The SMILES string of the molecule is CN(C)[C@H](C(=O)NCc1cc2cc(F)ccc2[nH]1)c1ccc2c(c1)OCO2. The number of amides is 1. The van der Waals surface area contributed by atoms with Gasteiger partial charge in [0.15, 0.2) is 11.5 Å². The third-order valence-corrected chi connectivity index (χ3v) is 4.57. The summed E-state index contributed by atoms with van der Waals surface area (Å²) in [7, 11) is 3.70. The van der Waals surface area contributed by atoms with Gasteiger partial charge in [-0.25, -0.2) is 4.39 Å². The maximum absolute atomic E-state index is 13.3. The van der Waals surface area contributed by atoms with E-state index in [0.29, 0.717) is 18.0 Å². The Labute approximate surface area is 155 Å². The number of rotatable bonds is 5. The number of ether oxygens (including phenoxy) is 2. The van der Waals surface area contributed by atoms with Crippen molar-refractivity contribution in [1.82, 2.24) is 15.2 Å². The molecule has 0 aliphatic carbocycles. The third kappa shape index (κ3) is 3.46. The number of hydrogen-bond acceptors (Lipinski definition) is 4. The van der Waals surface area contributed by atoms with Crippen molar-refractivity contribution < 1.29 is 18.7 Å². The molecule has 1 aromatic heterocycles. The molecule has 1 aliphatic rings. The van der Waals surface area contributed by atoms with Gasteiger partial charge < -0.3 is 19.8 Å². The van der Waals surface area contributed by atoms with Gasteiger partial charge in [-0.15, -0.1) is 0 Å². The van der Waals surface area contributed by atoms with Crippen LogP contribution in [-0.4, -0.2) is 36.7 Å². The minimum atomic E-state index is -0.471. The Morgan fingerprint density at radius 1 is 1.19 bits per heavy atom. The summed E-state index contributed by atoms with van der Waals surface area (Å²) >= 11 is 0. The monoisotopic (exact) mass is 369 g/mol. The molecule has 0 saturated carbocycles. The first kappa shape index (κ1) is 17.4. The second kappa shape index (κ2) is 6.92. The second-order valence-electron chi connectivity index (χ2n) is 6.72. The number of hydrogen-bond donors (Lipinski definition) is 2. The molecular weight excluding hydrogens is 349 g/mol. The van der Waals surface area contributed by atoms with Gasteiger partial charge in [-0.2, -0.15) is 0 Å². The minimum Gasteiger partial charge on any atom is -0.454 e. The molecule has 0 bridgehead atoms. The summed E-state index contributed by atoms with van der Waals surface area (Å²) in [5.41, 5.74) is 2.47. The molecule has 7 heteroatoms. The molecule has 140 valence electrons. The molecular formula is C20H20FN3O3. The van der Waals surface area contributed by atoms with Crippen LogP contribution in [0.15, 0.2) is 42.5 Å². The largest absolute Gasteiger partial charge is 0.454 e. The van der Waals surface area contributed by atoms with Gasteiger partial charge in [-0.3, -0.25) is 9.69 Å². The summed E-state index contributed by atoms with van der Waals surface area (Å²) in [6.07, 6.45) is 0. The average molecular weight is 369 g/mol. The summed E-state index contributed by atoms with van der Waals surface area (Å²) in [4.78, 5) is 17.9. The van der Waals surface area contributed by atoms with E-state index in [4.69, 9.17) is 9.47 Å². The van der Waals surface area contributed by atoms with Gasteiger partial charge in [0.25, 0.3) is 0 Å². The number of benzene rings is 2. The normalized spacial score (nSPS) is 13.9. The van der Waals surface area contributed by atoms with Crippen LogP contribution in [0.25, 0.3) is 10.9 Å². The van der Waals surface area contributed by atoms with E-state index in [1.54, 1.807) is 6.07 Å². The molecule has 1 aliphatic heterocycles. The number of nitrogens with zero attached hydrogens (tertiary/aromatic N) is 1. The first-order valence-electron chi connectivity index (χ1n) is 8.62. The van der Waals surface area contributed by atoms with Crippen molar-refractivity contribution in [2.75, 3.05) is 20.9 Å². The predicted octanol–water partition coefficient (Wildman–Crippen LogP) is 2.95. The molecule has 1 amide bonds. The fourth-order valence-corrected chi connectivity index (χ4v) is 3.31. The Bertz CT molecular complexity index is 999. The van der Waals surface area contributed by atoms with Crippen LogP contribution in [0.3, 0.4) is 0 Å². The van der Waals surface area contributed by atoms with Crippen LogP contribution < -0.4 is 14.8 Å². The fourth-order valence-electron chi connectivity index (χ4n) is 3.31. The molecule has 3 aromatic rings. The zero-order valence-electron chi connectivity index (χ0n) is 15.1. The molecule has 0 saturated heterocycles. The zero-order valence-corrected chi connectivity index (χ0v) is 15.1. The number of carbonyl (C=O) groups is 1. The van der Waals surface area contributed by atoms with Crippen LogP contribution in [0.5, 0.6) is 11.5 Å². The Balaban J connectivity index is 1.50. The number of carbonyl (C=O) groups excluding carboxylic acids is 1. The molecule has 2 heterocycles. The molecule has 0 fully saturated rings. The fraction of sp³-hybridized carbons (Fsp3) is 0.250. The number of halogens is 1. The van der Waals surface area contributed by atoms with Crippen molar-refractivity contribution in [2.45, 2.75) is 12.6 Å². The van der Waals surface area contributed by atoms with Crippen LogP contribution in [0.4, 0.5) is 4.39 Å². The summed E-state index contributed by atoms with van der Waals surface area (Å²) in [6, 6.07) is 11.4. The number of fused-ring (bicyclic) bond motifs is 2. The first-order chi connectivity index (χ1) is 13.0. The van der Waals surface area contributed by atoms with E-state index in [-0.39, 0.29) is 18.5 Å². The van der Waals surface area contributed by atoms with E-state index in [1.165, 1.54) is 12.1 Å². The summed E-state index contributed by atoms with van der Waals surface area (Å²) < 4.78 is 24.1. The van der Waals surface area contributed by atoms with Gasteiger partial charge in [0, 0.05) is 16.6 Å². The number of aromatic amines is 1. The van der Waals surface area contributed by atoms with E-state index in [9.17, 15) is 9.18 Å². The number of likely N-dealkylation sites (N-methyl/N-ethyl adjacent to an activating group) is 1. The molecule has 0 unspecified atom stereocenters. The lowest BCUT2D eigenvalue weighted by Gasteiger charge is -2.24. The van der Waals surface area contributed by atoms with Gasteiger partial charge >= 0.3 is 0 Å². The van der Waals surface area contributed by atoms with Crippen molar-refractivity contribution >= 4 is 16.8 Å². The Kier molecular flexibility index (Phi) is 4.45. The molecule has 27 heavy (non-hydrogen) atoms. The van der Waals surface area contributed by atoms with Crippen LogP contribution in [0, 0.1) is 5.82 Å². The summed E-state index contributed by atoms with van der Waals surface area (Å²) in [6.45, 7) is 0.516. The van der Waals surface area contributed by atoms with Gasteiger partial charge in [-0.05, 0) is 56.1 Å². The standard InChI is InChI=1S/C20H20FN3O3/c1-24(2)19(12-3-6-17-18(9-12)27-11-26-17)20(25)22-10-15-8-13-7-14(21)4-5-16(13)23-15/h3-9,19,23H,10-11H2,1-2H3,(H,22,25)/t19-/m0/s1. The van der Waals surface area contributed by atoms with Crippen LogP contribution >= 0.6 is 0 Å². The minimum absolute atomic E-state index is 0.135. The molecule has 2 aromatic carbocycles. The molecule has 1 atom stereocenters. The highest BCUT2D eigenvalue weighted by Gasteiger charge is 2.25. The lowest BCUT2D eigenvalue weighted by Crippen LogP contribution is -2.36. The maximum atomic E-state index is 13.3. The van der Waals surface area contributed by atoms with Gasteiger partial charge in [0.2, 0.25) is 12.7 Å². The van der Waals surface area contributed by atoms with E-state index in [1.807, 2.05) is 43.3 Å². The topological polar surface area (TPSA) is 66.6 Å². The molecule has 2 N–H and O–H groups in total. The van der Waals surface area contributed by atoms with Crippen molar-refractivity contribution in [2.24, 2.45) is 0 Å². The van der Waals surface area contributed by atoms with Gasteiger partial charge in [0.1, 0.15) is 11.9 Å². The highest BCUT2D eigenvalue weighted by atomic mass is 19.1. The lowest BCUT2D eigenvalue weighted by atomic mass is 10.0. The summed E-state index contributed by atoms with van der Waals surface area (Å²) in [5, 5.41) is 3.72. The quantitative estimate of drug-likeness (QED) is 0.726. The Morgan fingerprint density at radius 3 is 2.81 bits per heavy atom. The van der Waals surface area contributed by atoms with Crippen molar-refractivity contribution in [3.8, 4) is 11.5 Å². The van der Waals surface area contributed by atoms with E-state index in [2.05, 4.69) is 10.3 Å². The lowest BCUT2D eigenvalue weighted by molar-refractivity contribution is -0.126. The van der Waals surface area contributed by atoms with Crippen molar-refractivity contribution in [3.05, 3.63) is 59.5 Å². The van der Waals surface area contributed by atoms with Crippen LogP contribution in [-0.2, 0) is 11.3 Å². The molecule has 0 radical (unpaired) electrons. The highest BCUT2D eigenvalue weighted by molar-refractivity contribution is 5.84. The zero-order chi connectivity index (χ0) is 19.0. The number of aromatic nitrogens is 1. The van der Waals surface area contributed by atoms with Crippen LogP contribution in [0.2, 0.25) is 0 Å². The second-order valence-corrected chi connectivity index (χ2v) is 6.72. The maximum Gasteiger partial charge on any atom is 0.242 e. The number of nitrogens with one attached hydrogen (secondary N) is 2. The summed E-state index contributed by atoms with van der Waals surface area (Å²) in [5.74, 6) is 0.906. The van der Waals surface area contributed by atoms with Crippen molar-refractivity contribution in [1.29, 1.82) is 0 Å². The Hall–Kier alpha value is -3.06. The molecule has 0 spiro atoms. The Morgan fingerprint density at radius 2 is 2.00 bits per heavy atom. The van der Waals surface area contributed by atoms with Crippen LogP contribution in [0.1, 0.15) is 17.3 Å². The highest BCUT2D eigenvalue weighted by Crippen LogP contribution is 2.35. The van der Waals surface area contributed by atoms with E-state index < -0.39 is 6.04 Å². The first-order valence-corrected chi connectivity index (χ1v) is 8.62. The van der Waals surface area contributed by atoms with Crippen molar-refractivity contribution in [3.63, 3.8) is 0 Å². The van der Waals surface area contributed by atoms with E-state index >= 15 is 0 Å². The van der Waals surface area contributed by atoms with E-state index in [0.717, 1.165) is 22.2 Å². The third-order valence-electron chi connectivity index (χ3n) is 4.57.